The maximum atomic E-state index is 14.6. The summed E-state index contributed by atoms with van der Waals surface area (Å²) in [6.07, 6.45) is 5.43. The van der Waals surface area contributed by atoms with Crippen molar-refractivity contribution in [1.29, 1.82) is 0 Å². The van der Waals surface area contributed by atoms with E-state index in [1.54, 1.807) is 27.0 Å². The molecule has 1 amide bonds. The Balaban J connectivity index is 1.25. The molecule has 4 fully saturated rings. The van der Waals surface area contributed by atoms with Crippen molar-refractivity contribution >= 4 is 29.4 Å². The highest BCUT2D eigenvalue weighted by atomic mass is 16.7. The third kappa shape index (κ3) is 13.9. The fourth-order valence-corrected chi connectivity index (χ4v) is 11.2. The molecule has 394 valence electrons. The van der Waals surface area contributed by atoms with Crippen LogP contribution in [-0.2, 0) is 63.7 Å². The average Bonchev–Trinajstić information content (AvgIpc) is 3.77. The number of amides is 1. The van der Waals surface area contributed by atoms with Crippen LogP contribution in [0.5, 0.6) is 5.75 Å². The zero-order valence-electron chi connectivity index (χ0n) is 43.1. The summed E-state index contributed by atoms with van der Waals surface area (Å²) in [5, 5.41) is 24.1. The highest BCUT2D eigenvalue weighted by molar-refractivity contribution is 6.39. The number of cyclic esters (lactones) is 2. The maximum absolute atomic E-state index is 14.6. The number of rotatable bonds is 12. The number of nitrogens with zero attached hydrogens (tertiary/aromatic N) is 1. The van der Waals surface area contributed by atoms with E-state index in [-0.39, 0.29) is 61.6 Å². The first-order valence-corrected chi connectivity index (χ1v) is 25.7. The van der Waals surface area contributed by atoms with Crippen molar-refractivity contribution in [2.45, 2.75) is 179 Å². The predicted molar refractivity (Wildman–Crippen MR) is 262 cm³/mol. The first-order valence-electron chi connectivity index (χ1n) is 25.7. The molecule has 2 bridgehead atoms. The first kappa shape index (κ1) is 56.0. The van der Waals surface area contributed by atoms with E-state index in [1.165, 1.54) is 19.1 Å². The van der Waals surface area contributed by atoms with Crippen molar-refractivity contribution in [1.82, 2.24) is 4.90 Å². The van der Waals surface area contributed by atoms with E-state index in [2.05, 4.69) is 6.58 Å². The van der Waals surface area contributed by atoms with E-state index in [4.69, 9.17) is 37.9 Å². The second-order valence-electron chi connectivity index (χ2n) is 20.8. The summed E-state index contributed by atoms with van der Waals surface area (Å²) in [6.45, 7) is 13.9. The van der Waals surface area contributed by atoms with E-state index in [1.807, 2.05) is 57.2 Å². The molecule has 16 nitrogen and oxygen atoms in total. The molecule has 0 radical (unpaired) electrons. The Hall–Kier alpha value is -4.29. The van der Waals surface area contributed by atoms with Crippen molar-refractivity contribution in [3.63, 3.8) is 0 Å². The van der Waals surface area contributed by atoms with Crippen molar-refractivity contribution in [2.24, 2.45) is 29.6 Å². The van der Waals surface area contributed by atoms with Gasteiger partial charge in [-0.2, -0.15) is 0 Å². The maximum Gasteiger partial charge on any atom is 0.347 e. The van der Waals surface area contributed by atoms with E-state index >= 15 is 0 Å². The van der Waals surface area contributed by atoms with E-state index < -0.39 is 83.9 Å². The summed E-state index contributed by atoms with van der Waals surface area (Å²) in [5.41, 5.74) is 2.54. The van der Waals surface area contributed by atoms with Crippen LogP contribution in [0.25, 0.3) is 0 Å². The lowest BCUT2D eigenvalue weighted by atomic mass is 9.81. The van der Waals surface area contributed by atoms with Gasteiger partial charge in [0, 0.05) is 58.5 Å². The lowest BCUT2D eigenvalue weighted by Crippen LogP contribution is -2.64. The Morgan fingerprint density at radius 1 is 0.873 bits per heavy atom. The van der Waals surface area contributed by atoms with Crippen molar-refractivity contribution in [3.8, 4) is 5.75 Å². The van der Waals surface area contributed by atoms with Gasteiger partial charge in [0.25, 0.3) is 11.7 Å². The van der Waals surface area contributed by atoms with Crippen LogP contribution in [0.1, 0.15) is 117 Å². The number of Topliss-reactive ketones (excluding diaryl/α,β-unsaturated/α-hetero) is 2. The normalized spacial score (nSPS) is 37.2. The number of ether oxygens (including phenoxy) is 8. The molecule has 16 heteroatoms. The van der Waals surface area contributed by atoms with Gasteiger partial charge in [0.05, 0.1) is 43.7 Å². The predicted octanol–water partition coefficient (Wildman–Crippen LogP) is 6.56. The van der Waals surface area contributed by atoms with Crippen LogP contribution < -0.4 is 4.74 Å². The lowest BCUT2D eigenvalue weighted by Gasteiger charge is -2.47. The van der Waals surface area contributed by atoms with E-state index in [9.17, 15) is 34.2 Å². The second kappa shape index (κ2) is 25.6. The van der Waals surface area contributed by atoms with Crippen molar-refractivity contribution < 1.29 is 72.1 Å². The van der Waals surface area contributed by atoms with Gasteiger partial charge in [-0.05, 0) is 113 Å². The zero-order chi connectivity index (χ0) is 51.6. The molecule has 2 N–H and O–H groups in total. The third-order valence-electron chi connectivity index (χ3n) is 15.4. The summed E-state index contributed by atoms with van der Waals surface area (Å²) in [6, 6.07) is 6.25. The lowest BCUT2D eigenvalue weighted by molar-refractivity contribution is -0.302. The van der Waals surface area contributed by atoms with Gasteiger partial charge < -0.3 is 53.0 Å². The van der Waals surface area contributed by atoms with Crippen molar-refractivity contribution in [2.75, 3.05) is 34.5 Å². The Labute approximate surface area is 419 Å². The van der Waals surface area contributed by atoms with Gasteiger partial charge in [0.15, 0.2) is 6.10 Å². The summed E-state index contributed by atoms with van der Waals surface area (Å²) in [4.78, 5) is 70.6. The van der Waals surface area contributed by atoms with Crippen molar-refractivity contribution in [3.05, 3.63) is 65.8 Å². The van der Waals surface area contributed by atoms with Gasteiger partial charge in [0.1, 0.15) is 29.8 Å². The fourth-order valence-electron chi connectivity index (χ4n) is 11.2. The van der Waals surface area contributed by atoms with E-state index in [0.717, 1.165) is 17.6 Å². The number of carbonyl (C=O) groups is 5. The van der Waals surface area contributed by atoms with Gasteiger partial charge in [0.2, 0.25) is 5.79 Å². The second-order valence-corrected chi connectivity index (χ2v) is 20.8. The number of aliphatic hydroxyl groups excluding tert-OH is 1. The number of ketones is 2. The minimum Gasteiger partial charge on any atom is -0.479 e. The van der Waals surface area contributed by atoms with Gasteiger partial charge in [-0.1, -0.05) is 56.7 Å². The van der Waals surface area contributed by atoms with Crippen LogP contribution in [-0.4, -0.2) is 140 Å². The van der Waals surface area contributed by atoms with Gasteiger partial charge >= 0.3 is 11.9 Å². The minimum atomic E-state index is -2.53. The molecule has 3 saturated heterocycles. The number of piperidine rings is 1. The highest BCUT2D eigenvalue weighted by Gasteiger charge is 2.56. The van der Waals surface area contributed by atoms with Crippen LogP contribution in [0.4, 0.5) is 0 Å². The Bertz CT molecular complexity index is 2070. The SMILES string of the molecule is C=CC[C@@H]1/C=C(\C)C[C@H](C)C[C@H](OC)C2O[C@@](O)(C(=O)C(=O)N3CCCC[C@H]3C(=O)O[C@H](/C(C)=C/[C@@H]3CC[C@@H](OCc4ccc(O[C@H]5CCOC5=O)cc4)[C@H](OC)C3)[C@H](C)[C@@H](O)CC1=O)[C@H](C)C[C@@H]2OC. The molecule has 4 aliphatic heterocycles. The molecule has 15 atom stereocenters. The van der Waals surface area contributed by atoms with Crippen LogP contribution >= 0.6 is 0 Å². The molecule has 1 saturated carbocycles. The number of hydrogen-bond donors (Lipinski definition) is 2. The summed E-state index contributed by atoms with van der Waals surface area (Å²) >= 11 is 0. The number of allylic oxidation sites excluding steroid dienone is 4. The Morgan fingerprint density at radius 2 is 1.58 bits per heavy atom. The van der Waals surface area contributed by atoms with E-state index in [0.29, 0.717) is 75.9 Å². The smallest absolute Gasteiger partial charge is 0.347 e. The molecule has 1 aliphatic carbocycles. The number of carbonyl (C=O) groups excluding carboxylic acids is 5. The van der Waals surface area contributed by atoms with Crippen LogP contribution in [0, 0.1) is 29.6 Å². The Morgan fingerprint density at radius 3 is 2.24 bits per heavy atom. The topological polar surface area (TPSA) is 203 Å². The number of fused-ring (bicyclic) bond motifs is 3. The largest absolute Gasteiger partial charge is 0.479 e. The molecule has 1 aromatic rings. The standard InChI is InChI=1S/C55H79NO15/c1-10-13-39-25-32(2)24-33(3)26-47(65-8)50-48(66-9)28-35(5)55(63,71-50)51(59)52(60)56-22-12-11-14-41(56)53(61)70-49(36(6)42(57)30-43(39)58)34(4)27-38-17-20-44(46(29-38)64-7)68-31-37-15-18-40(19-16-37)69-45-21-23-67-54(45)62/h10,15-16,18-19,25,27,33,35-36,38-39,41-42,44-50,57,63H,1,11-14,17,20-24,26,28-31H2,2-9H3/b32-25+,34-27+/t33-,35+,36+,38-,39+,41-,42-,44+,45-,46+,47-,48-,49+,50?,55+/m0/s1. The molecule has 71 heavy (non-hydrogen) atoms. The highest BCUT2D eigenvalue weighted by Crippen LogP contribution is 2.40. The number of methoxy groups -OCH3 is 3. The molecule has 1 aromatic carbocycles. The van der Waals surface area contributed by atoms with Gasteiger partial charge in [-0.15, -0.1) is 6.58 Å². The number of aliphatic hydroxyl groups is 2. The monoisotopic (exact) mass is 994 g/mol. The fraction of sp³-hybridized carbons (Fsp3) is 0.691. The van der Waals surface area contributed by atoms with Gasteiger partial charge in [-0.3, -0.25) is 14.4 Å². The average molecular weight is 994 g/mol. The molecule has 0 spiro atoms. The summed E-state index contributed by atoms with van der Waals surface area (Å²) in [7, 11) is 4.70. The Kier molecular flexibility index (Phi) is 20.2. The third-order valence-corrected chi connectivity index (χ3v) is 15.4. The molecular weight excluding hydrogens is 915 g/mol. The summed E-state index contributed by atoms with van der Waals surface area (Å²) < 4.78 is 47.6. The van der Waals surface area contributed by atoms with Crippen LogP contribution in [0.2, 0.25) is 0 Å². The molecule has 6 rings (SSSR count). The zero-order valence-corrected chi connectivity index (χ0v) is 43.1. The molecule has 5 aliphatic rings. The summed E-state index contributed by atoms with van der Waals surface area (Å²) in [5.74, 6) is -7.69. The number of benzene rings is 1. The molecule has 1 unspecified atom stereocenters. The molecular formula is C55H79NO15. The minimum absolute atomic E-state index is 0.00668. The number of esters is 2. The van der Waals surface area contributed by atoms with Crippen LogP contribution in [0.3, 0.4) is 0 Å². The number of hydrogen-bond acceptors (Lipinski definition) is 15. The first-order chi connectivity index (χ1) is 33.9. The van der Waals surface area contributed by atoms with Crippen LogP contribution in [0.15, 0.2) is 60.2 Å². The molecule has 4 heterocycles. The van der Waals surface area contributed by atoms with Gasteiger partial charge in [-0.25, -0.2) is 9.59 Å². The molecule has 0 aromatic heterocycles. The quantitative estimate of drug-likeness (QED) is 0.129.